The first-order valence-electron chi connectivity index (χ1n) is 5.90. The molecule has 0 bridgehead atoms. The van der Waals surface area contributed by atoms with Gasteiger partial charge in [-0.15, -0.1) is 0 Å². The third-order valence-corrected chi connectivity index (χ3v) is 4.28. The minimum atomic E-state index is -0.0841. The van der Waals surface area contributed by atoms with E-state index in [0.29, 0.717) is 19.5 Å². The first-order valence-corrected chi connectivity index (χ1v) is 6.69. The van der Waals surface area contributed by atoms with Crippen LogP contribution in [0.25, 0.3) is 0 Å². The molecule has 0 aromatic heterocycles. The molecular weight excluding hydrogens is 280 g/mol. The number of nitrogens with one attached hydrogen (secondary N) is 1. The van der Waals surface area contributed by atoms with Crippen molar-refractivity contribution in [3.8, 4) is 0 Å². The highest BCUT2D eigenvalue weighted by Gasteiger charge is 2.34. The Hall–Kier alpha value is -0.870. The lowest BCUT2D eigenvalue weighted by molar-refractivity contribution is -0.120. The van der Waals surface area contributed by atoms with Crippen molar-refractivity contribution >= 4 is 21.8 Å². The van der Waals surface area contributed by atoms with Crippen molar-refractivity contribution in [2.75, 3.05) is 13.1 Å². The lowest BCUT2D eigenvalue weighted by atomic mass is 9.74. The summed E-state index contributed by atoms with van der Waals surface area (Å²) in [5.74, 6) is 0.132. The second-order valence-corrected chi connectivity index (χ2v) is 5.42. The lowest BCUT2D eigenvalue weighted by Crippen LogP contribution is -2.36. The van der Waals surface area contributed by atoms with E-state index in [0.717, 1.165) is 17.3 Å². The highest BCUT2D eigenvalue weighted by atomic mass is 79.9. The van der Waals surface area contributed by atoms with Crippen LogP contribution in [-0.4, -0.2) is 19.0 Å². The average molecular weight is 297 g/mol. The van der Waals surface area contributed by atoms with Gasteiger partial charge in [0.15, 0.2) is 0 Å². The van der Waals surface area contributed by atoms with E-state index in [1.165, 1.54) is 5.56 Å². The third kappa shape index (κ3) is 2.53. The molecule has 1 unspecified atom stereocenters. The molecule has 1 atom stereocenters. The Balaban J connectivity index is 2.36. The van der Waals surface area contributed by atoms with Gasteiger partial charge in [0.1, 0.15) is 0 Å². The predicted molar refractivity (Wildman–Crippen MR) is 71.7 cm³/mol. The smallest absolute Gasteiger partial charge is 0.220 e. The largest absolute Gasteiger partial charge is 0.356 e. The van der Waals surface area contributed by atoms with Crippen molar-refractivity contribution in [1.29, 1.82) is 0 Å². The molecule has 4 heteroatoms. The van der Waals surface area contributed by atoms with Gasteiger partial charge in [0.2, 0.25) is 5.91 Å². The lowest BCUT2D eigenvalue weighted by Gasteiger charge is -2.32. The van der Waals surface area contributed by atoms with Gasteiger partial charge in [-0.1, -0.05) is 34.1 Å². The van der Waals surface area contributed by atoms with Crippen LogP contribution in [0.2, 0.25) is 0 Å². The maximum absolute atomic E-state index is 11.4. The standard InChI is InChI=1S/C13H17BrN2O/c14-11-4-2-1-3-10(11)13(9-15)6-5-12(17)16-8-7-13/h1-4H,5-9,15H2,(H,16,17). The molecule has 0 radical (unpaired) electrons. The molecule has 92 valence electrons. The summed E-state index contributed by atoms with van der Waals surface area (Å²) in [7, 11) is 0. The van der Waals surface area contributed by atoms with Gasteiger partial charge in [-0.2, -0.15) is 0 Å². The van der Waals surface area contributed by atoms with Crippen LogP contribution in [0.3, 0.4) is 0 Å². The fraction of sp³-hybridized carbons (Fsp3) is 0.462. The van der Waals surface area contributed by atoms with Gasteiger partial charge in [-0.05, 0) is 24.5 Å². The predicted octanol–water partition coefficient (Wildman–Crippen LogP) is 1.95. The van der Waals surface area contributed by atoms with E-state index >= 15 is 0 Å². The molecule has 1 aromatic carbocycles. The van der Waals surface area contributed by atoms with Crippen LogP contribution in [0, 0.1) is 0 Å². The van der Waals surface area contributed by atoms with Crippen LogP contribution in [0.1, 0.15) is 24.8 Å². The Labute approximate surface area is 110 Å². The molecule has 3 nitrogen and oxygen atoms in total. The molecule has 17 heavy (non-hydrogen) atoms. The van der Waals surface area contributed by atoms with Gasteiger partial charge < -0.3 is 11.1 Å². The number of halogens is 1. The molecule has 0 aliphatic carbocycles. The number of amides is 1. The zero-order valence-electron chi connectivity index (χ0n) is 9.71. The maximum Gasteiger partial charge on any atom is 0.220 e. The number of hydrogen-bond donors (Lipinski definition) is 2. The van der Waals surface area contributed by atoms with E-state index in [-0.39, 0.29) is 11.3 Å². The topological polar surface area (TPSA) is 55.1 Å². The van der Waals surface area contributed by atoms with Crippen molar-refractivity contribution in [3.63, 3.8) is 0 Å². The fourth-order valence-corrected chi connectivity index (χ4v) is 3.19. The Kier molecular flexibility index (Phi) is 3.84. The third-order valence-electron chi connectivity index (χ3n) is 3.59. The second-order valence-electron chi connectivity index (χ2n) is 4.56. The molecule has 1 aliphatic rings. The normalized spacial score (nSPS) is 25.2. The highest BCUT2D eigenvalue weighted by molar-refractivity contribution is 9.10. The highest BCUT2D eigenvalue weighted by Crippen LogP contribution is 2.37. The summed E-state index contributed by atoms with van der Waals surface area (Å²) in [5.41, 5.74) is 7.13. The first kappa shape index (κ1) is 12.6. The summed E-state index contributed by atoms with van der Waals surface area (Å²) in [6.07, 6.45) is 2.27. The van der Waals surface area contributed by atoms with Crippen LogP contribution >= 0.6 is 15.9 Å². The van der Waals surface area contributed by atoms with Crippen molar-refractivity contribution in [1.82, 2.24) is 5.32 Å². The van der Waals surface area contributed by atoms with E-state index < -0.39 is 0 Å². The van der Waals surface area contributed by atoms with Gasteiger partial charge >= 0.3 is 0 Å². The molecule has 1 amide bonds. The molecule has 1 aromatic rings. The van der Waals surface area contributed by atoms with E-state index in [1.54, 1.807) is 0 Å². The first-order chi connectivity index (χ1) is 8.18. The minimum absolute atomic E-state index is 0.0841. The van der Waals surface area contributed by atoms with E-state index in [9.17, 15) is 4.79 Å². The molecular formula is C13H17BrN2O. The van der Waals surface area contributed by atoms with Gasteiger partial charge in [0.05, 0.1) is 0 Å². The minimum Gasteiger partial charge on any atom is -0.356 e. The Morgan fingerprint density at radius 3 is 2.82 bits per heavy atom. The molecule has 2 rings (SSSR count). The van der Waals surface area contributed by atoms with E-state index in [2.05, 4.69) is 27.3 Å². The van der Waals surface area contributed by atoms with Crippen LogP contribution in [0.15, 0.2) is 28.7 Å². The monoisotopic (exact) mass is 296 g/mol. The van der Waals surface area contributed by atoms with Gasteiger partial charge in [0.25, 0.3) is 0 Å². The molecule has 1 fully saturated rings. The number of hydrogen-bond acceptors (Lipinski definition) is 2. The van der Waals surface area contributed by atoms with Gasteiger partial charge in [0, 0.05) is 29.4 Å². The van der Waals surface area contributed by atoms with E-state index in [1.807, 2.05) is 18.2 Å². The van der Waals surface area contributed by atoms with Gasteiger partial charge in [-0.25, -0.2) is 0 Å². The summed E-state index contributed by atoms with van der Waals surface area (Å²) in [5, 5.41) is 2.91. The SMILES string of the molecule is NCC1(c2ccccc2Br)CCNC(=O)CC1. The quantitative estimate of drug-likeness (QED) is 0.876. The van der Waals surface area contributed by atoms with E-state index in [4.69, 9.17) is 5.73 Å². The maximum atomic E-state index is 11.4. The van der Waals surface area contributed by atoms with Gasteiger partial charge in [-0.3, -0.25) is 4.79 Å². The molecule has 0 spiro atoms. The Bertz CT molecular complexity index is 422. The molecule has 1 saturated heterocycles. The number of nitrogens with two attached hydrogens (primary N) is 1. The average Bonchev–Trinajstić information content (AvgIpc) is 2.53. The summed E-state index contributed by atoms with van der Waals surface area (Å²) >= 11 is 3.59. The molecule has 1 aliphatic heterocycles. The zero-order valence-corrected chi connectivity index (χ0v) is 11.3. The Morgan fingerprint density at radius 1 is 1.35 bits per heavy atom. The summed E-state index contributed by atoms with van der Waals surface area (Å²) in [6, 6.07) is 8.16. The number of benzene rings is 1. The van der Waals surface area contributed by atoms with Crippen LogP contribution < -0.4 is 11.1 Å². The number of carbonyl (C=O) groups excluding carboxylic acids is 1. The number of rotatable bonds is 2. The zero-order chi connectivity index (χ0) is 12.3. The summed E-state index contributed by atoms with van der Waals surface area (Å²) in [6.45, 7) is 1.28. The van der Waals surface area contributed by atoms with Crippen LogP contribution in [-0.2, 0) is 10.2 Å². The van der Waals surface area contributed by atoms with Crippen molar-refractivity contribution in [2.24, 2.45) is 5.73 Å². The van der Waals surface area contributed by atoms with Crippen molar-refractivity contribution < 1.29 is 4.79 Å². The summed E-state index contributed by atoms with van der Waals surface area (Å²) < 4.78 is 1.08. The van der Waals surface area contributed by atoms with Crippen LogP contribution in [0.4, 0.5) is 0 Å². The fourth-order valence-electron chi connectivity index (χ4n) is 2.48. The summed E-state index contributed by atoms with van der Waals surface area (Å²) in [4.78, 5) is 11.4. The molecule has 3 N–H and O–H groups in total. The second kappa shape index (κ2) is 5.19. The number of carbonyl (C=O) groups is 1. The van der Waals surface area contributed by atoms with Crippen molar-refractivity contribution in [2.45, 2.75) is 24.7 Å². The molecule has 0 saturated carbocycles. The Morgan fingerprint density at radius 2 is 2.12 bits per heavy atom. The molecule has 1 heterocycles. The van der Waals surface area contributed by atoms with Crippen molar-refractivity contribution in [3.05, 3.63) is 34.3 Å². The van der Waals surface area contributed by atoms with Crippen LogP contribution in [0.5, 0.6) is 0 Å².